The summed E-state index contributed by atoms with van der Waals surface area (Å²) in [5.74, 6) is 0.618. The first-order valence-electron chi connectivity index (χ1n) is 11.0. The van der Waals surface area contributed by atoms with E-state index in [9.17, 15) is 4.79 Å². The zero-order valence-electron chi connectivity index (χ0n) is 17.5. The molecule has 0 radical (unpaired) electrons. The minimum absolute atomic E-state index is 0.115. The number of hydrogen-bond donors (Lipinski definition) is 0. The van der Waals surface area contributed by atoms with E-state index in [1.807, 2.05) is 34.2 Å². The Hall–Kier alpha value is -2.80. The van der Waals surface area contributed by atoms with Gasteiger partial charge in [-0.05, 0) is 43.0 Å². The van der Waals surface area contributed by atoms with Crippen molar-refractivity contribution in [2.45, 2.75) is 45.2 Å². The highest BCUT2D eigenvalue weighted by Crippen LogP contribution is 2.40. The summed E-state index contributed by atoms with van der Waals surface area (Å²) in [5, 5.41) is 5.41. The summed E-state index contributed by atoms with van der Waals surface area (Å²) in [6.45, 7) is 7.12. The van der Waals surface area contributed by atoms with Crippen molar-refractivity contribution in [3.63, 3.8) is 0 Å². The summed E-state index contributed by atoms with van der Waals surface area (Å²) in [6, 6.07) is 6.14. The highest BCUT2D eigenvalue weighted by molar-refractivity contribution is 6.05. The average molecular weight is 405 g/mol. The van der Waals surface area contributed by atoms with Gasteiger partial charge in [0.25, 0.3) is 5.91 Å². The maximum atomic E-state index is 13.5. The first kappa shape index (κ1) is 19.2. The summed E-state index contributed by atoms with van der Waals surface area (Å²) in [6.07, 6.45) is 8.82. The van der Waals surface area contributed by atoms with Crippen LogP contribution in [0.4, 0.5) is 0 Å². The first-order valence-corrected chi connectivity index (χ1v) is 11.0. The topological polar surface area (TPSA) is 67.2 Å². The standard InChI is InChI=1S/C23H28N6O/c1-2-9-29-22-20(15-25-29)19(14-21(26-22)18-3-4-18)23(30)28-12-10-27(11-13-28)16-17-5-7-24-8-6-17/h5-8,14-15,18H,2-4,9-13,16H2,1H3. The number of rotatable bonds is 6. The molecule has 0 N–H and O–H groups in total. The molecule has 0 unspecified atom stereocenters. The lowest BCUT2D eigenvalue weighted by Crippen LogP contribution is -2.48. The molecule has 0 bridgehead atoms. The lowest BCUT2D eigenvalue weighted by Gasteiger charge is -2.35. The fourth-order valence-corrected chi connectivity index (χ4v) is 4.23. The molecule has 7 heteroatoms. The molecule has 2 aliphatic rings. The third-order valence-corrected chi connectivity index (χ3v) is 6.11. The number of amides is 1. The Labute approximate surface area is 176 Å². The number of piperazine rings is 1. The fraction of sp³-hybridized carbons (Fsp3) is 0.478. The predicted molar refractivity (Wildman–Crippen MR) is 115 cm³/mol. The molecule has 3 aromatic rings. The van der Waals surface area contributed by atoms with Gasteiger partial charge in [0.2, 0.25) is 0 Å². The van der Waals surface area contributed by atoms with Crippen LogP contribution in [0, 0.1) is 0 Å². The molecule has 4 heterocycles. The Morgan fingerprint density at radius 3 is 2.60 bits per heavy atom. The zero-order chi connectivity index (χ0) is 20.5. The molecule has 1 amide bonds. The van der Waals surface area contributed by atoms with Crippen molar-refractivity contribution in [2.75, 3.05) is 26.2 Å². The smallest absolute Gasteiger partial charge is 0.254 e. The van der Waals surface area contributed by atoms with E-state index < -0.39 is 0 Å². The van der Waals surface area contributed by atoms with Gasteiger partial charge >= 0.3 is 0 Å². The van der Waals surface area contributed by atoms with Gasteiger partial charge in [-0.2, -0.15) is 5.10 Å². The molecule has 1 aliphatic heterocycles. The maximum absolute atomic E-state index is 13.5. The number of aryl methyl sites for hydroxylation is 1. The quantitative estimate of drug-likeness (QED) is 0.632. The molecule has 5 rings (SSSR count). The zero-order valence-corrected chi connectivity index (χ0v) is 17.5. The van der Waals surface area contributed by atoms with E-state index in [-0.39, 0.29) is 5.91 Å². The maximum Gasteiger partial charge on any atom is 0.254 e. The van der Waals surface area contributed by atoms with E-state index in [0.717, 1.165) is 68.0 Å². The minimum atomic E-state index is 0.115. The molecule has 2 fully saturated rings. The van der Waals surface area contributed by atoms with Gasteiger partial charge in [-0.3, -0.25) is 14.7 Å². The molecule has 0 aromatic carbocycles. The summed E-state index contributed by atoms with van der Waals surface area (Å²) >= 11 is 0. The molecule has 30 heavy (non-hydrogen) atoms. The van der Waals surface area contributed by atoms with Crippen molar-refractivity contribution in [1.29, 1.82) is 0 Å². The van der Waals surface area contributed by atoms with Crippen molar-refractivity contribution < 1.29 is 4.79 Å². The number of aromatic nitrogens is 4. The van der Waals surface area contributed by atoms with E-state index in [4.69, 9.17) is 4.98 Å². The number of hydrogen-bond acceptors (Lipinski definition) is 5. The highest BCUT2D eigenvalue weighted by atomic mass is 16.2. The van der Waals surface area contributed by atoms with Crippen LogP contribution in [-0.2, 0) is 13.1 Å². The van der Waals surface area contributed by atoms with E-state index in [0.29, 0.717) is 5.92 Å². The van der Waals surface area contributed by atoms with E-state index in [2.05, 4.69) is 34.0 Å². The predicted octanol–water partition coefficient (Wildman–Crippen LogP) is 3.07. The summed E-state index contributed by atoms with van der Waals surface area (Å²) in [5.41, 5.74) is 3.95. The highest BCUT2D eigenvalue weighted by Gasteiger charge is 2.30. The van der Waals surface area contributed by atoms with Gasteiger partial charge in [0.15, 0.2) is 5.65 Å². The number of carbonyl (C=O) groups excluding carboxylic acids is 1. The molecule has 1 saturated heterocycles. The SMILES string of the molecule is CCCn1ncc2c(C(=O)N3CCN(Cc4ccncc4)CC3)cc(C3CC3)nc21. The molecule has 0 spiro atoms. The lowest BCUT2D eigenvalue weighted by molar-refractivity contribution is 0.0630. The fourth-order valence-electron chi connectivity index (χ4n) is 4.23. The normalized spacial score (nSPS) is 17.6. The summed E-state index contributed by atoms with van der Waals surface area (Å²) < 4.78 is 1.95. The van der Waals surface area contributed by atoms with Gasteiger partial charge in [-0.25, -0.2) is 9.67 Å². The van der Waals surface area contributed by atoms with E-state index in [1.165, 1.54) is 18.4 Å². The number of pyridine rings is 2. The Morgan fingerprint density at radius 1 is 1.13 bits per heavy atom. The summed E-state index contributed by atoms with van der Waals surface area (Å²) in [4.78, 5) is 26.8. The number of nitrogens with zero attached hydrogens (tertiary/aromatic N) is 6. The largest absolute Gasteiger partial charge is 0.336 e. The molecule has 3 aromatic heterocycles. The van der Waals surface area contributed by atoms with Crippen molar-refractivity contribution >= 4 is 16.9 Å². The molecule has 0 atom stereocenters. The van der Waals surface area contributed by atoms with Crippen LogP contribution < -0.4 is 0 Å². The van der Waals surface area contributed by atoms with E-state index >= 15 is 0 Å². The second kappa shape index (κ2) is 8.14. The minimum Gasteiger partial charge on any atom is -0.336 e. The Balaban J connectivity index is 1.35. The van der Waals surface area contributed by atoms with Crippen molar-refractivity contribution in [3.8, 4) is 0 Å². The van der Waals surface area contributed by atoms with Gasteiger partial charge in [-0.1, -0.05) is 6.92 Å². The molecule has 1 aliphatic carbocycles. The van der Waals surface area contributed by atoms with Crippen molar-refractivity contribution in [1.82, 2.24) is 29.5 Å². The second-order valence-electron chi connectivity index (χ2n) is 8.40. The van der Waals surface area contributed by atoms with Crippen LogP contribution in [0.2, 0.25) is 0 Å². The lowest BCUT2D eigenvalue weighted by atomic mass is 10.1. The van der Waals surface area contributed by atoms with Crippen molar-refractivity contribution in [2.24, 2.45) is 0 Å². The van der Waals surface area contributed by atoms with Crippen LogP contribution in [0.5, 0.6) is 0 Å². The molecule has 156 valence electrons. The number of carbonyl (C=O) groups is 1. The monoisotopic (exact) mass is 404 g/mol. The Morgan fingerprint density at radius 2 is 1.90 bits per heavy atom. The van der Waals surface area contributed by atoms with Gasteiger partial charge in [0.1, 0.15) is 0 Å². The van der Waals surface area contributed by atoms with Crippen LogP contribution in [0.1, 0.15) is 53.7 Å². The molecular formula is C23H28N6O. The third-order valence-electron chi connectivity index (χ3n) is 6.11. The second-order valence-corrected chi connectivity index (χ2v) is 8.40. The summed E-state index contributed by atoms with van der Waals surface area (Å²) in [7, 11) is 0. The molecule has 1 saturated carbocycles. The first-order chi connectivity index (χ1) is 14.7. The van der Waals surface area contributed by atoms with Gasteiger partial charge in [0.05, 0.1) is 17.1 Å². The average Bonchev–Trinajstić information content (AvgIpc) is 3.56. The van der Waals surface area contributed by atoms with Crippen LogP contribution in [0.3, 0.4) is 0 Å². The van der Waals surface area contributed by atoms with Gasteiger partial charge < -0.3 is 4.90 Å². The van der Waals surface area contributed by atoms with Crippen LogP contribution in [0.15, 0.2) is 36.8 Å². The van der Waals surface area contributed by atoms with Gasteiger partial charge in [0, 0.05) is 63.3 Å². The molecular weight excluding hydrogens is 376 g/mol. The third kappa shape index (κ3) is 3.81. The van der Waals surface area contributed by atoms with Crippen LogP contribution >= 0.6 is 0 Å². The van der Waals surface area contributed by atoms with E-state index in [1.54, 1.807) is 0 Å². The van der Waals surface area contributed by atoms with Crippen molar-refractivity contribution in [3.05, 3.63) is 53.6 Å². The number of fused-ring (bicyclic) bond motifs is 1. The Bertz CT molecular complexity index is 1030. The van der Waals surface area contributed by atoms with Crippen LogP contribution in [-0.4, -0.2) is 61.6 Å². The Kier molecular flexibility index (Phi) is 5.21. The van der Waals surface area contributed by atoms with Gasteiger partial charge in [-0.15, -0.1) is 0 Å². The van der Waals surface area contributed by atoms with Crippen LogP contribution in [0.25, 0.3) is 11.0 Å². The molecule has 7 nitrogen and oxygen atoms in total.